The fourth-order valence-electron chi connectivity index (χ4n) is 1.61. The van der Waals surface area contributed by atoms with E-state index in [2.05, 4.69) is 4.72 Å². The number of nitrogens with zero attached hydrogens (tertiary/aromatic N) is 1. The monoisotopic (exact) mass is 374 g/mol. The Bertz CT molecular complexity index is 696. The van der Waals surface area contributed by atoms with Crippen LogP contribution >= 0.6 is 11.6 Å². The number of benzene rings is 1. The van der Waals surface area contributed by atoms with Crippen LogP contribution in [0.5, 0.6) is 0 Å². The van der Waals surface area contributed by atoms with E-state index in [-0.39, 0.29) is 13.1 Å². The molecule has 0 saturated carbocycles. The van der Waals surface area contributed by atoms with Crippen molar-refractivity contribution in [3.8, 4) is 0 Å². The number of halogens is 1. The predicted octanol–water partition coefficient (Wildman–Crippen LogP) is 3.10. The van der Waals surface area contributed by atoms with Crippen molar-refractivity contribution in [2.75, 3.05) is 20.1 Å². The van der Waals surface area contributed by atoms with Crippen molar-refractivity contribution in [1.29, 1.82) is 0 Å². The molecule has 1 N–H and O–H groups in total. The first-order valence-corrected chi connectivity index (χ1v) is 9.29. The number of rotatable bonds is 6. The van der Waals surface area contributed by atoms with E-state index in [1.54, 1.807) is 52.1 Å². The highest BCUT2D eigenvalue weighted by Crippen LogP contribution is 2.16. The van der Waals surface area contributed by atoms with E-state index in [1.165, 1.54) is 11.0 Å². The Labute approximate surface area is 148 Å². The maximum absolute atomic E-state index is 11.9. The fraction of sp³-hybridized carbons (Fsp3) is 0.438. The Balaban J connectivity index is 2.51. The Morgan fingerprint density at radius 3 is 2.54 bits per heavy atom. The van der Waals surface area contributed by atoms with E-state index in [9.17, 15) is 13.2 Å². The van der Waals surface area contributed by atoms with Crippen molar-refractivity contribution in [2.45, 2.75) is 26.4 Å². The van der Waals surface area contributed by atoms with Crippen molar-refractivity contribution < 1.29 is 17.9 Å². The maximum Gasteiger partial charge on any atom is 0.410 e. The van der Waals surface area contributed by atoms with Gasteiger partial charge in [0.05, 0.1) is 0 Å². The number of carbonyl (C=O) groups excluding carboxylic acids is 1. The number of hydrogen-bond donors (Lipinski definition) is 1. The summed E-state index contributed by atoms with van der Waals surface area (Å²) < 4.78 is 31.4. The number of likely N-dealkylation sites (N-methyl/N-ethyl adjacent to an activating group) is 1. The van der Waals surface area contributed by atoms with Crippen molar-refractivity contribution >= 4 is 33.8 Å². The molecule has 8 heteroatoms. The SMILES string of the molecule is CN(CCNS(=O)(=O)C=Cc1ccccc1Cl)C(=O)OC(C)(C)C. The fourth-order valence-corrected chi connectivity index (χ4v) is 2.60. The van der Waals surface area contributed by atoms with E-state index in [0.29, 0.717) is 10.6 Å². The molecule has 1 amide bonds. The molecule has 0 aliphatic heterocycles. The van der Waals surface area contributed by atoms with Gasteiger partial charge in [-0.15, -0.1) is 0 Å². The minimum atomic E-state index is -3.62. The first kappa shape index (κ1) is 20.5. The van der Waals surface area contributed by atoms with Gasteiger partial charge in [-0.2, -0.15) is 0 Å². The lowest BCUT2D eigenvalue weighted by Crippen LogP contribution is -2.38. The van der Waals surface area contributed by atoms with Crippen molar-refractivity contribution in [3.05, 3.63) is 40.3 Å². The van der Waals surface area contributed by atoms with E-state index >= 15 is 0 Å². The summed E-state index contributed by atoms with van der Waals surface area (Å²) in [5.74, 6) is 0. The Kier molecular flexibility index (Phi) is 7.26. The molecule has 24 heavy (non-hydrogen) atoms. The zero-order valence-corrected chi connectivity index (χ0v) is 15.8. The molecule has 1 aromatic rings. The molecular weight excluding hydrogens is 352 g/mol. The summed E-state index contributed by atoms with van der Waals surface area (Å²) in [4.78, 5) is 13.1. The van der Waals surface area contributed by atoms with Gasteiger partial charge in [-0.1, -0.05) is 29.8 Å². The number of nitrogens with one attached hydrogen (secondary N) is 1. The molecule has 0 atom stereocenters. The third-order valence-corrected chi connectivity index (χ3v) is 4.23. The lowest BCUT2D eigenvalue weighted by Gasteiger charge is -2.24. The number of sulfonamides is 1. The summed E-state index contributed by atoms with van der Waals surface area (Å²) in [7, 11) is -2.08. The van der Waals surface area contributed by atoms with Gasteiger partial charge < -0.3 is 9.64 Å². The molecule has 0 aliphatic carbocycles. The molecule has 1 aromatic carbocycles. The molecule has 0 bridgehead atoms. The molecule has 0 spiro atoms. The molecule has 0 unspecified atom stereocenters. The number of amides is 1. The molecule has 0 saturated heterocycles. The predicted molar refractivity (Wildman–Crippen MR) is 96.3 cm³/mol. The molecule has 0 aromatic heterocycles. The maximum atomic E-state index is 11.9. The molecule has 134 valence electrons. The first-order valence-electron chi connectivity index (χ1n) is 7.36. The third-order valence-electron chi connectivity index (χ3n) is 2.79. The van der Waals surface area contributed by atoms with Crippen LogP contribution in [-0.4, -0.2) is 45.1 Å². The Morgan fingerprint density at radius 1 is 1.33 bits per heavy atom. The van der Waals surface area contributed by atoms with E-state index in [0.717, 1.165) is 5.41 Å². The quantitative estimate of drug-likeness (QED) is 0.830. The van der Waals surface area contributed by atoms with Crippen molar-refractivity contribution in [2.24, 2.45) is 0 Å². The van der Waals surface area contributed by atoms with E-state index in [1.807, 2.05) is 0 Å². The lowest BCUT2D eigenvalue weighted by molar-refractivity contribution is 0.0302. The summed E-state index contributed by atoms with van der Waals surface area (Å²) in [5, 5.41) is 1.51. The highest BCUT2D eigenvalue weighted by atomic mass is 35.5. The minimum absolute atomic E-state index is 0.0743. The second kappa shape index (κ2) is 8.50. The van der Waals surface area contributed by atoms with Crippen LogP contribution < -0.4 is 4.72 Å². The summed E-state index contributed by atoms with van der Waals surface area (Å²) in [6, 6.07) is 6.92. The molecule has 0 aliphatic rings. The van der Waals surface area contributed by atoms with Crippen LogP contribution in [-0.2, 0) is 14.8 Å². The second-order valence-corrected chi connectivity index (χ2v) is 8.22. The molecular formula is C16H23ClN2O4S. The van der Waals surface area contributed by atoms with Crippen LogP contribution in [0.3, 0.4) is 0 Å². The highest BCUT2D eigenvalue weighted by molar-refractivity contribution is 7.92. The normalized spacial score (nSPS) is 12.4. The van der Waals surface area contributed by atoms with E-state index in [4.69, 9.17) is 16.3 Å². The summed E-state index contributed by atoms with van der Waals surface area (Å²) in [5.41, 5.74) is 0.0122. The van der Waals surface area contributed by atoms with E-state index < -0.39 is 21.7 Å². The standard InChI is InChI=1S/C16H23ClN2O4S/c1-16(2,3)23-15(20)19(4)11-10-18-24(21,22)12-9-13-7-5-6-8-14(13)17/h5-9,12,18H,10-11H2,1-4H3. The second-order valence-electron chi connectivity index (χ2n) is 6.17. The zero-order valence-electron chi connectivity index (χ0n) is 14.2. The van der Waals surface area contributed by atoms with Crippen molar-refractivity contribution in [1.82, 2.24) is 9.62 Å². The average Bonchev–Trinajstić information content (AvgIpc) is 2.44. The van der Waals surface area contributed by atoms with Gasteiger partial charge in [-0.3, -0.25) is 0 Å². The Morgan fingerprint density at radius 2 is 1.96 bits per heavy atom. The van der Waals surface area contributed by atoms with Crippen LogP contribution in [0.25, 0.3) is 6.08 Å². The number of hydrogen-bond acceptors (Lipinski definition) is 4. The zero-order chi connectivity index (χ0) is 18.4. The van der Waals surface area contributed by atoms with Crippen LogP contribution in [0.4, 0.5) is 4.79 Å². The largest absolute Gasteiger partial charge is 0.444 e. The summed E-state index contributed by atoms with van der Waals surface area (Å²) in [6.07, 6.45) is 0.913. The van der Waals surface area contributed by atoms with Gasteiger partial charge in [-0.05, 0) is 38.5 Å². The average molecular weight is 375 g/mol. The number of ether oxygens (including phenoxy) is 1. The van der Waals surface area contributed by atoms with Crippen molar-refractivity contribution in [3.63, 3.8) is 0 Å². The first-order chi connectivity index (χ1) is 11.0. The van der Waals surface area contributed by atoms with Gasteiger partial charge in [0, 0.05) is 30.6 Å². The topological polar surface area (TPSA) is 75.7 Å². The van der Waals surface area contributed by atoms with Gasteiger partial charge in [-0.25, -0.2) is 17.9 Å². The summed E-state index contributed by atoms with van der Waals surface area (Å²) >= 11 is 5.96. The number of carbonyl (C=O) groups is 1. The van der Waals surface area contributed by atoms with Crippen LogP contribution in [0.1, 0.15) is 26.3 Å². The van der Waals surface area contributed by atoms with Gasteiger partial charge >= 0.3 is 6.09 Å². The van der Waals surface area contributed by atoms with Crippen LogP contribution in [0.2, 0.25) is 5.02 Å². The van der Waals surface area contributed by atoms with Gasteiger partial charge in [0.2, 0.25) is 10.0 Å². The van der Waals surface area contributed by atoms with Crippen LogP contribution in [0, 0.1) is 0 Å². The molecule has 0 fully saturated rings. The molecule has 1 rings (SSSR count). The highest BCUT2D eigenvalue weighted by Gasteiger charge is 2.19. The van der Waals surface area contributed by atoms with Gasteiger partial charge in [0.1, 0.15) is 5.60 Å². The molecule has 0 heterocycles. The Hall–Kier alpha value is -1.57. The third kappa shape index (κ3) is 7.81. The molecule has 6 nitrogen and oxygen atoms in total. The smallest absolute Gasteiger partial charge is 0.410 e. The van der Waals surface area contributed by atoms with Crippen LogP contribution in [0.15, 0.2) is 29.7 Å². The molecule has 0 radical (unpaired) electrons. The lowest BCUT2D eigenvalue weighted by atomic mass is 10.2. The minimum Gasteiger partial charge on any atom is -0.444 e. The van der Waals surface area contributed by atoms with Gasteiger partial charge in [0.15, 0.2) is 0 Å². The summed E-state index contributed by atoms with van der Waals surface area (Å²) in [6.45, 7) is 5.56. The van der Waals surface area contributed by atoms with Gasteiger partial charge in [0.25, 0.3) is 0 Å².